The molecule has 4 N–H and O–H groups in total. The number of rotatable bonds is 12. The average molecular weight is 604 g/mol. The Balaban J connectivity index is 1.28. The summed E-state index contributed by atoms with van der Waals surface area (Å²) in [5.74, 6) is -1.48. The van der Waals surface area contributed by atoms with Crippen molar-refractivity contribution in [1.29, 1.82) is 0 Å². The first-order chi connectivity index (χ1) is 20.7. The predicted octanol–water partition coefficient (Wildman–Crippen LogP) is 2.91. The number of H-pyrrole nitrogens is 1. The molecule has 0 bridgehead atoms. The minimum Gasteiger partial charge on any atom is -0.478 e. The van der Waals surface area contributed by atoms with Crippen LogP contribution in [0.1, 0.15) is 23.1 Å². The van der Waals surface area contributed by atoms with Gasteiger partial charge in [0.15, 0.2) is 6.10 Å². The number of carbonyl (C=O) groups is 3. The molecule has 4 aromatic rings. The first-order valence-electron chi connectivity index (χ1n) is 13.4. The quantitative estimate of drug-likeness (QED) is 0.179. The average Bonchev–Trinajstić information content (AvgIpc) is 3.49. The zero-order valence-corrected chi connectivity index (χ0v) is 23.7. The predicted molar refractivity (Wildman–Crippen MR) is 157 cm³/mol. The Hall–Kier alpha value is -5.01. The molecule has 5 rings (SSSR count). The van der Waals surface area contributed by atoms with Crippen LogP contribution in [0.5, 0.6) is 5.75 Å². The van der Waals surface area contributed by atoms with E-state index in [4.69, 9.17) is 9.47 Å². The van der Waals surface area contributed by atoms with Crippen LogP contribution in [0.15, 0.2) is 91.3 Å². The summed E-state index contributed by atoms with van der Waals surface area (Å²) in [6, 6.07) is 21.2. The molecule has 0 fully saturated rings. The number of fused-ring (bicyclic) bond motifs is 1. The van der Waals surface area contributed by atoms with Crippen molar-refractivity contribution in [3.63, 3.8) is 0 Å². The van der Waals surface area contributed by atoms with E-state index >= 15 is 0 Å². The van der Waals surface area contributed by atoms with Crippen LogP contribution in [0, 0.1) is 0 Å². The van der Waals surface area contributed by atoms with Gasteiger partial charge in [-0.1, -0.05) is 66.7 Å². The Morgan fingerprint density at radius 3 is 2.40 bits per heavy atom. The van der Waals surface area contributed by atoms with Crippen molar-refractivity contribution in [3.05, 3.63) is 108 Å². The normalized spacial score (nSPS) is 15.0. The third-order valence-corrected chi connectivity index (χ3v) is 7.82. The fourth-order valence-corrected chi connectivity index (χ4v) is 5.76. The summed E-state index contributed by atoms with van der Waals surface area (Å²) in [6.07, 6.45) is 1.66. The molecule has 0 saturated carbocycles. The maximum absolute atomic E-state index is 13.2. The molecule has 0 radical (unpaired) electrons. The van der Waals surface area contributed by atoms with E-state index in [1.165, 1.54) is 6.20 Å². The molecule has 43 heavy (non-hydrogen) atoms. The fraction of sp³-hybridized carbons (Fsp3) is 0.200. The number of hydrogen-bond acceptors (Lipinski definition) is 8. The number of nitrogens with one attached hydrogen (secondary N) is 4. The minimum absolute atomic E-state index is 0.0282. The van der Waals surface area contributed by atoms with Crippen molar-refractivity contribution in [3.8, 4) is 5.75 Å². The van der Waals surface area contributed by atoms with Crippen LogP contribution in [0.2, 0.25) is 0 Å². The minimum atomic E-state index is -3.94. The lowest BCUT2D eigenvalue weighted by Gasteiger charge is -2.26. The van der Waals surface area contributed by atoms with Gasteiger partial charge >= 0.3 is 5.97 Å². The van der Waals surface area contributed by atoms with Gasteiger partial charge < -0.3 is 19.8 Å². The summed E-state index contributed by atoms with van der Waals surface area (Å²) in [5.41, 5.74) is 2.18. The molecular weight excluding hydrogens is 574 g/mol. The number of imidazole rings is 1. The molecule has 1 aliphatic heterocycles. The molecule has 2 heterocycles. The number of ether oxygens (including phenoxy) is 2. The highest BCUT2D eigenvalue weighted by atomic mass is 32.2. The molecule has 1 unspecified atom stereocenters. The molecule has 12 nitrogen and oxygen atoms in total. The van der Waals surface area contributed by atoms with Crippen molar-refractivity contribution in [1.82, 2.24) is 14.7 Å². The Morgan fingerprint density at radius 2 is 1.70 bits per heavy atom. The van der Waals surface area contributed by atoms with Crippen LogP contribution in [-0.2, 0) is 47.9 Å². The van der Waals surface area contributed by atoms with E-state index in [-0.39, 0.29) is 31.1 Å². The summed E-state index contributed by atoms with van der Waals surface area (Å²) >= 11 is 0. The summed E-state index contributed by atoms with van der Waals surface area (Å²) in [7, 11) is -3.94. The highest BCUT2D eigenvalue weighted by Gasteiger charge is 2.31. The van der Waals surface area contributed by atoms with E-state index in [9.17, 15) is 22.8 Å². The number of aromatic nitrogens is 2. The molecule has 2 atom stereocenters. The number of hydrogen-bond donors (Lipinski definition) is 4. The smallest absolute Gasteiger partial charge is 0.324 e. The van der Waals surface area contributed by atoms with E-state index in [0.717, 1.165) is 5.56 Å². The Kier molecular flexibility index (Phi) is 9.13. The highest BCUT2D eigenvalue weighted by molar-refractivity contribution is 7.88. The van der Waals surface area contributed by atoms with Crippen LogP contribution < -0.4 is 20.1 Å². The molecule has 13 heteroatoms. The maximum Gasteiger partial charge on any atom is 0.324 e. The molecule has 1 aromatic heterocycles. The summed E-state index contributed by atoms with van der Waals surface area (Å²) in [5, 5.41) is 5.27. The SMILES string of the molecule is O=C(CC1Oc2ccc(C[C@H](NS(=O)(=O)Cc3ccccc3)C(=O)OCc3ccccc3)cc2NC1=O)Nc1ncc[nH]1. The van der Waals surface area contributed by atoms with Gasteiger partial charge in [-0.2, -0.15) is 0 Å². The summed E-state index contributed by atoms with van der Waals surface area (Å²) in [4.78, 5) is 44.9. The molecule has 3 aromatic carbocycles. The van der Waals surface area contributed by atoms with Crippen molar-refractivity contribution in [2.75, 3.05) is 10.6 Å². The largest absolute Gasteiger partial charge is 0.478 e. The number of esters is 1. The molecule has 1 aliphatic rings. The molecule has 0 spiro atoms. The first kappa shape index (κ1) is 29.5. The number of amides is 2. The zero-order valence-electron chi connectivity index (χ0n) is 22.9. The van der Waals surface area contributed by atoms with Crippen molar-refractivity contribution >= 4 is 39.4 Å². The maximum atomic E-state index is 13.2. The van der Waals surface area contributed by atoms with Crippen LogP contribution in [0.3, 0.4) is 0 Å². The van der Waals surface area contributed by atoms with Crippen molar-refractivity contribution in [2.24, 2.45) is 0 Å². The van der Waals surface area contributed by atoms with E-state index in [1.807, 2.05) is 18.2 Å². The third kappa shape index (κ3) is 8.27. The van der Waals surface area contributed by atoms with Crippen molar-refractivity contribution in [2.45, 2.75) is 37.3 Å². The Morgan fingerprint density at radius 1 is 0.977 bits per heavy atom. The van der Waals surface area contributed by atoms with Gasteiger partial charge in [-0.25, -0.2) is 18.1 Å². The first-order valence-corrected chi connectivity index (χ1v) is 15.0. The standard InChI is InChI=1S/C30H29N5O7S/c36-27(34-30-31-13-14-32-30)17-26-28(37)33-23-15-22(11-12-25(23)42-26)16-24(29(38)41-18-20-7-3-1-4-8-20)35-43(39,40)19-21-9-5-2-6-10-21/h1-15,24,26,35H,16-19H2,(H,33,37)(H2,31,32,34,36)/t24-,26?/m0/s1. The van der Waals surface area contributed by atoms with Gasteiger partial charge in [-0.15, -0.1) is 0 Å². The monoisotopic (exact) mass is 603 g/mol. The molecule has 0 saturated heterocycles. The van der Waals surface area contributed by atoms with Crippen LogP contribution in [-0.4, -0.2) is 48.3 Å². The number of sulfonamides is 1. The van der Waals surface area contributed by atoms with Crippen LogP contribution in [0.25, 0.3) is 0 Å². The third-order valence-electron chi connectivity index (χ3n) is 6.46. The van der Waals surface area contributed by atoms with E-state index in [0.29, 0.717) is 22.6 Å². The molecule has 2 amide bonds. The van der Waals surface area contributed by atoms with E-state index in [1.54, 1.807) is 66.9 Å². The number of anilines is 2. The van der Waals surface area contributed by atoms with Gasteiger partial charge in [-0.3, -0.25) is 19.7 Å². The topological polar surface area (TPSA) is 169 Å². The summed E-state index contributed by atoms with van der Waals surface area (Å²) < 4.78 is 39.8. The second-order valence-electron chi connectivity index (χ2n) is 9.83. The van der Waals surface area contributed by atoms with Gasteiger partial charge in [-0.05, 0) is 35.2 Å². The van der Waals surface area contributed by atoms with E-state index < -0.39 is 40.0 Å². The Labute approximate surface area is 247 Å². The highest BCUT2D eigenvalue weighted by Crippen LogP contribution is 2.32. The Bertz CT molecular complexity index is 1680. The van der Waals surface area contributed by atoms with Crippen LogP contribution >= 0.6 is 0 Å². The van der Waals surface area contributed by atoms with Gasteiger partial charge in [0.2, 0.25) is 21.9 Å². The van der Waals surface area contributed by atoms with Gasteiger partial charge in [0.1, 0.15) is 18.4 Å². The number of benzene rings is 3. The zero-order chi connectivity index (χ0) is 30.2. The van der Waals surface area contributed by atoms with Gasteiger partial charge in [0, 0.05) is 12.4 Å². The lowest BCUT2D eigenvalue weighted by atomic mass is 10.0. The summed E-state index contributed by atoms with van der Waals surface area (Å²) in [6.45, 7) is -0.0282. The van der Waals surface area contributed by atoms with E-state index in [2.05, 4.69) is 25.3 Å². The lowest BCUT2D eigenvalue weighted by Crippen LogP contribution is -2.43. The van der Waals surface area contributed by atoms with Gasteiger partial charge in [0.25, 0.3) is 5.91 Å². The number of nitrogens with zero attached hydrogens (tertiary/aromatic N) is 1. The second-order valence-corrected chi connectivity index (χ2v) is 11.6. The van der Waals surface area contributed by atoms with Crippen molar-refractivity contribution < 1.29 is 32.3 Å². The molecule has 0 aliphatic carbocycles. The number of carbonyl (C=O) groups excluding carboxylic acids is 3. The molecular formula is C30H29N5O7S. The molecule has 222 valence electrons. The fourth-order valence-electron chi connectivity index (χ4n) is 4.43. The van der Waals surface area contributed by atoms with Crippen LogP contribution in [0.4, 0.5) is 11.6 Å². The lowest BCUT2D eigenvalue weighted by molar-refractivity contribution is -0.147. The second kappa shape index (κ2) is 13.3. The number of aromatic amines is 1. The van der Waals surface area contributed by atoms with Gasteiger partial charge in [0.05, 0.1) is 17.9 Å².